The van der Waals surface area contributed by atoms with Gasteiger partial charge in [-0.3, -0.25) is 4.72 Å². The smallest absolute Gasteiger partial charge is 0.336 e. The minimum Gasteiger partial charge on any atom is -0.478 e. The second-order valence-corrected chi connectivity index (χ2v) is 11.9. The van der Waals surface area contributed by atoms with Gasteiger partial charge < -0.3 is 14.9 Å². The zero-order chi connectivity index (χ0) is 27.6. The van der Waals surface area contributed by atoms with Crippen molar-refractivity contribution in [1.29, 1.82) is 0 Å². The highest BCUT2D eigenvalue weighted by Crippen LogP contribution is 2.28. The van der Waals surface area contributed by atoms with Gasteiger partial charge in [-0.15, -0.1) is 0 Å². The molecule has 39 heavy (non-hydrogen) atoms. The number of anilines is 3. The molecule has 2 heterocycles. The molecule has 0 amide bonds. The predicted octanol–water partition coefficient (Wildman–Crippen LogP) is 5.26. The zero-order valence-electron chi connectivity index (χ0n) is 22.0. The first kappa shape index (κ1) is 26.5. The number of hydrogen-bond acceptors (Lipinski definition) is 6. The molecule has 0 atom stereocenters. The summed E-state index contributed by atoms with van der Waals surface area (Å²) in [5, 5.41) is 10.4. The normalized spacial score (nSPS) is 14.1. The number of carbonyl (C=O) groups is 1. The van der Waals surface area contributed by atoms with E-state index in [0.717, 1.165) is 30.8 Å². The van der Waals surface area contributed by atoms with Crippen molar-refractivity contribution in [3.63, 3.8) is 0 Å². The van der Waals surface area contributed by atoms with E-state index >= 15 is 0 Å². The van der Waals surface area contributed by atoms with Gasteiger partial charge in [-0.1, -0.05) is 44.2 Å². The third-order valence-electron chi connectivity index (χ3n) is 6.88. The average Bonchev–Trinajstić information content (AvgIpc) is 2.93. The number of nitrogens with zero attached hydrogens (tertiary/aromatic N) is 3. The van der Waals surface area contributed by atoms with Crippen molar-refractivity contribution >= 4 is 44.1 Å². The number of nitrogens with one attached hydrogen (secondary N) is 1. The molecule has 202 valence electrons. The number of aromatic nitrogens is 1. The Morgan fingerprint density at radius 1 is 0.923 bits per heavy atom. The number of para-hydroxylation sites is 1. The van der Waals surface area contributed by atoms with E-state index in [0.29, 0.717) is 35.7 Å². The first-order chi connectivity index (χ1) is 18.7. The van der Waals surface area contributed by atoms with Crippen molar-refractivity contribution in [3.05, 3.63) is 90.0 Å². The molecule has 9 heteroatoms. The van der Waals surface area contributed by atoms with E-state index in [1.54, 1.807) is 30.3 Å². The number of aromatic carboxylic acids is 1. The summed E-state index contributed by atoms with van der Waals surface area (Å²) in [5.41, 5.74) is 3.10. The van der Waals surface area contributed by atoms with Gasteiger partial charge in [0.2, 0.25) is 0 Å². The second kappa shape index (κ2) is 10.9. The topological polar surface area (TPSA) is 103 Å². The molecule has 0 saturated carbocycles. The van der Waals surface area contributed by atoms with Crippen LogP contribution >= 0.6 is 0 Å². The molecule has 0 radical (unpaired) electrons. The number of fused-ring (bicyclic) bond motifs is 1. The summed E-state index contributed by atoms with van der Waals surface area (Å²) in [6, 6.07) is 23.4. The van der Waals surface area contributed by atoms with Crippen molar-refractivity contribution in [2.45, 2.75) is 25.2 Å². The van der Waals surface area contributed by atoms with Crippen LogP contribution in [0.1, 0.15) is 29.8 Å². The van der Waals surface area contributed by atoms with Gasteiger partial charge in [-0.05, 0) is 66.4 Å². The average molecular weight is 545 g/mol. The second-order valence-electron chi connectivity index (χ2n) is 10.2. The molecular weight excluding hydrogens is 512 g/mol. The molecule has 8 nitrogen and oxygen atoms in total. The van der Waals surface area contributed by atoms with Crippen molar-refractivity contribution in [2.75, 3.05) is 40.7 Å². The number of benzene rings is 3. The molecule has 2 N–H and O–H groups in total. The minimum absolute atomic E-state index is 0.0829. The molecule has 4 aromatic rings. The Morgan fingerprint density at radius 3 is 2.23 bits per heavy atom. The molecule has 0 bridgehead atoms. The highest BCUT2D eigenvalue weighted by atomic mass is 32.2. The maximum atomic E-state index is 13.0. The third-order valence-corrected chi connectivity index (χ3v) is 8.28. The van der Waals surface area contributed by atoms with Gasteiger partial charge in [-0.25, -0.2) is 18.2 Å². The van der Waals surface area contributed by atoms with Crippen LogP contribution in [0.4, 0.5) is 17.2 Å². The SMILES string of the molecule is CC(C)Cc1ccc(S(=O)(=O)Nc2ccc3nc(N4CCN(c5ccccc5)CC4)cc(C(=O)O)c3c2)cc1. The summed E-state index contributed by atoms with van der Waals surface area (Å²) in [5.74, 6) is -0.0191. The molecule has 0 spiro atoms. The quantitative estimate of drug-likeness (QED) is 0.312. The van der Waals surface area contributed by atoms with E-state index in [1.165, 1.54) is 6.07 Å². The minimum atomic E-state index is -3.84. The van der Waals surface area contributed by atoms with E-state index in [1.807, 2.05) is 30.3 Å². The maximum Gasteiger partial charge on any atom is 0.336 e. The van der Waals surface area contributed by atoms with Crippen LogP contribution in [0.3, 0.4) is 0 Å². The molecular formula is C30H32N4O4S. The lowest BCUT2D eigenvalue weighted by Crippen LogP contribution is -2.46. The lowest BCUT2D eigenvalue weighted by molar-refractivity contribution is 0.0699. The van der Waals surface area contributed by atoms with Gasteiger partial charge in [0.15, 0.2) is 0 Å². The Morgan fingerprint density at radius 2 is 1.59 bits per heavy atom. The molecule has 5 rings (SSSR count). The Hall–Kier alpha value is -4.11. The van der Waals surface area contributed by atoms with Crippen LogP contribution in [-0.2, 0) is 16.4 Å². The van der Waals surface area contributed by atoms with E-state index in [-0.39, 0.29) is 16.1 Å². The molecule has 1 saturated heterocycles. The van der Waals surface area contributed by atoms with Crippen molar-refractivity contribution in [1.82, 2.24) is 4.98 Å². The van der Waals surface area contributed by atoms with Crippen molar-refractivity contribution in [2.24, 2.45) is 5.92 Å². The van der Waals surface area contributed by atoms with Crippen LogP contribution in [0.5, 0.6) is 0 Å². The van der Waals surface area contributed by atoms with Gasteiger partial charge in [0.1, 0.15) is 5.82 Å². The number of carboxylic acid groups (broad SMARTS) is 1. The monoisotopic (exact) mass is 544 g/mol. The molecule has 1 aliphatic rings. The number of carboxylic acids is 1. The Balaban J connectivity index is 1.37. The number of hydrogen-bond donors (Lipinski definition) is 2. The Labute approximate surface area is 229 Å². The van der Waals surface area contributed by atoms with Crippen LogP contribution in [0.2, 0.25) is 0 Å². The molecule has 1 aromatic heterocycles. The molecule has 0 unspecified atom stereocenters. The summed E-state index contributed by atoms with van der Waals surface area (Å²) in [4.78, 5) is 21.5. The summed E-state index contributed by atoms with van der Waals surface area (Å²) in [6.07, 6.45) is 0.869. The lowest BCUT2D eigenvalue weighted by atomic mass is 10.0. The van der Waals surface area contributed by atoms with Crippen LogP contribution in [0.15, 0.2) is 83.8 Å². The van der Waals surface area contributed by atoms with E-state index in [2.05, 4.69) is 40.5 Å². The van der Waals surface area contributed by atoms with Crippen molar-refractivity contribution in [3.8, 4) is 0 Å². The highest BCUT2D eigenvalue weighted by molar-refractivity contribution is 7.92. The van der Waals surface area contributed by atoms with Crippen molar-refractivity contribution < 1.29 is 18.3 Å². The lowest BCUT2D eigenvalue weighted by Gasteiger charge is -2.37. The fourth-order valence-electron chi connectivity index (χ4n) is 4.94. The standard InChI is InChI=1S/C30H32N4O4S/c1-21(2)18-22-8-11-25(12-9-22)39(37,38)32-23-10-13-28-26(19-23)27(30(35)36)20-29(31-28)34-16-14-33(15-17-34)24-6-4-3-5-7-24/h3-13,19-21,32H,14-18H2,1-2H3,(H,35,36). The van der Waals surface area contributed by atoms with Gasteiger partial charge in [0.05, 0.1) is 16.0 Å². The molecule has 1 fully saturated rings. The highest BCUT2D eigenvalue weighted by Gasteiger charge is 2.22. The predicted molar refractivity (Wildman–Crippen MR) is 155 cm³/mol. The van der Waals surface area contributed by atoms with E-state index < -0.39 is 16.0 Å². The van der Waals surface area contributed by atoms with Crippen LogP contribution in [0.25, 0.3) is 10.9 Å². The fourth-order valence-corrected chi connectivity index (χ4v) is 5.99. The Kier molecular flexibility index (Phi) is 7.43. The summed E-state index contributed by atoms with van der Waals surface area (Å²) >= 11 is 0. The Bertz CT molecular complexity index is 1580. The summed E-state index contributed by atoms with van der Waals surface area (Å²) in [7, 11) is -3.84. The van der Waals surface area contributed by atoms with Crippen LogP contribution in [-0.4, -0.2) is 50.7 Å². The molecule has 3 aromatic carbocycles. The molecule has 0 aliphatic carbocycles. The van der Waals surface area contributed by atoms with Gasteiger partial charge in [-0.2, -0.15) is 0 Å². The number of piperazine rings is 1. The van der Waals surface area contributed by atoms with Crippen LogP contribution < -0.4 is 14.5 Å². The number of sulfonamides is 1. The largest absolute Gasteiger partial charge is 0.478 e. The summed E-state index contributed by atoms with van der Waals surface area (Å²) < 4.78 is 28.6. The maximum absolute atomic E-state index is 13.0. The van der Waals surface area contributed by atoms with Crippen LogP contribution in [0, 0.1) is 5.92 Å². The van der Waals surface area contributed by atoms with Gasteiger partial charge in [0.25, 0.3) is 10.0 Å². The first-order valence-electron chi connectivity index (χ1n) is 13.0. The summed E-state index contributed by atoms with van der Waals surface area (Å²) in [6.45, 7) is 7.24. The van der Waals surface area contributed by atoms with Gasteiger partial charge in [0, 0.05) is 42.9 Å². The number of pyridine rings is 1. The fraction of sp³-hybridized carbons (Fsp3) is 0.267. The van der Waals surface area contributed by atoms with E-state index in [4.69, 9.17) is 4.98 Å². The van der Waals surface area contributed by atoms with Gasteiger partial charge >= 0.3 is 5.97 Å². The molecule has 1 aliphatic heterocycles. The third kappa shape index (κ3) is 5.98. The first-order valence-corrected chi connectivity index (χ1v) is 14.5. The number of rotatable bonds is 8. The van der Waals surface area contributed by atoms with E-state index in [9.17, 15) is 18.3 Å². The zero-order valence-corrected chi connectivity index (χ0v) is 22.9.